The van der Waals surface area contributed by atoms with Gasteiger partial charge in [0.1, 0.15) is 0 Å². The number of fused-ring (bicyclic) bond motifs is 6. The zero-order valence-electron chi connectivity index (χ0n) is 31.7. The zero-order chi connectivity index (χ0) is 36.3. The Hall–Kier alpha value is -2.91. The van der Waals surface area contributed by atoms with Crippen LogP contribution in [0.15, 0.2) is 93.9 Å². The molecule has 0 fully saturated rings. The van der Waals surface area contributed by atoms with Gasteiger partial charge >= 0.3 is 0 Å². The summed E-state index contributed by atoms with van der Waals surface area (Å²) in [5.41, 5.74) is 9.99. The van der Waals surface area contributed by atoms with E-state index in [0.717, 1.165) is 20.3 Å². The summed E-state index contributed by atoms with van der Waals surface area (Å²) in [4.78, 5) is 0. The lowest BCUT2D eigenvalue weighted by atomic mass is 9.85. The van der Waals surface area contributed by atoms with Gasteiger partial charge in [0.05, 0.1) is 49.6 Å². The Labute approximate surface area is 317 Å². The monoisotopic (exact) mass is 820 g/mol. The van der Waals surface area contributed by atoms with Crippen LogP contribution >= 0.6 is 31.9 Å². The Morgan fingerprint density at radius 1 is 0.420 bits per heavy atom. The second kappa shape index (κ2) is 11.8. The van der Waals surface area contributed by atoms with Gasteiger partial charge in [0.2, 0.25) is 0 Å². The summed E-state index contributed by atoms with van der Waals surface area (Å²) in [5.74, 6) is 0. The van der Waals surface area contributed by atoms with Gasteiger partial charge in [-0.05, 0) is 102 Å². The molecule has 0 bridgehead atoms. The van der Waals surface area contributed by atoms with Gasteiger partial charge in [-0.3, -0.25) is 0 Å². The molecule has 0 aliphatic heterocycles. The Bertz CT molecular complexity index is 2180. The third-order valence-corrected chi connectivity index (χ3v) is 15.8. The molecule has 0 radical (unpaired) electrons. The molecule has 2 nitrogen and oxygen atoms in total. The number of nitrogens with zero attached hydrogens (tertiary/aromatic N) is 2. The van der Waals surface area contributed by atoms with Gasteiger partial charge in [0, 0.05) is 30.5 Å². The van der Waals surface area contributed by atoms with Crippen molar-refractivity contribution in [2.45, 2.75) is 91.7 Å². The molecule has 0 amide bonds. The number of hydrogen-bond donors (Lipinski definition) is 0. The van der Waals surface area contributed by atoms with Gasteiger partial charge in [-0.1, -0.05) is 128 Å². The van der Waals surface area contributed by atoms with E-state index in [1.54, 1.807) is 0 Å². The summed E-state index contributed by atoms with van der Waals surface area (Å²) in [5, 5.41) is 8.27. The van der Waals surface area contributed by atoms with Crippen LogP contribution in [0.3, 0.4) is 0 Å². The molecule has 2 heterocycles. The lowest BCUT2D eigenvalue weighted by Gasteiger charge is -2.20. The predicted molar refractivity (Wildman–Crippen MR) is 234 cm³/mol. The van der Waals surface area contributed by atoms with Crippen LogP contribution in [0.1, 0.15) is 52.7 Å². The quantitative estimate of drug-likeness (QED) is 0.157. The molecule has 0 aliphatic rings. The molecule has 5 aromatic carbocycles. The molecule has 0 unspecified atom stereocenters. The first-order chi connectivity index (χ1) is 23.1. The average molecular weight is 823 g/mol. The van der Waals surface area contributed by atoms with Crippen molar-refractivity contribution in [2.24, 2.45) is 0 Å². The van der Waals surface area contributed by atoms with E-state index in [9.17, 15) is 0 Å². The number of benzene rings is 5. The van der Waals surface area contributed by atoms with Crippen LogP contribution in [0.2, 0.25) is 39.3 Å². The molecule has 0 spiro atoms. The molecule has 2 aromatic heterocycles. The number of hydrogen-bond acceptors (Lipinski definition) is 0. The Morgan fingerprint density at radius 3 is 1.06 bits per heavy atom. The van der Waals surface area contributed by atoms with Crippen LogP contribution < -0.4 is 10.4 Å². The molecular formula is C44H50Br2N2Si2. The lowest BCUT2D eigenvalue weighted by Crippen LogP contribution is -2.37. The largest absolute Gasteiger partial charge is 0.308 e. The van der Waals surface area contributed by atoms with Gasteiger partial charge in [-0.15, -0.1) is 0 Å². The van der Waals surface area contributed by atoms with Crippen LogP contribution in [0.4, 0.5) is 0 Å². The Balaban J connectivity index is 1.56. The van der Waals surface area contributed by atoms with Gasteiger partial charge in [-0.2, -0.15) is 0 Å². The van der Waals surface area contributed by atoms with Crippen molar-refractivity contribution in [1.29, 1.82) is 0 Å². The third kappa shape index (κ3) is 5.98. The fourth-order valence-electron chi connectivity index (χ4n) is 7.30. The van der Waals surface area contributed by atoms with Crippen molar-refractivity contribution in [3.63, 3.8) is 0 Å². The zero-order valence-corrected chi connectivity index (χ0v) is 36.9. The normalized spacial score (nSPS) is 13.4. The Morgan fingerprint density at radius 2 is 0.740 bits per heavy atom. The molecule has 6 heteroatoms. The molecule has 0 aliphatic carbocycles. The number of aromatic nitrogens is 2. The summed E-state index contributed by atoms with van der Waals surface area (Å²) >= 11 is 8.09. The minimum atomic E-state index is -1.53. The van der Waals surface area contributed by atoms with Crippen molar-refractivity contribution in [3.8, 4) is 11.4 Å². The molecule has 50 heavy (non-hydrogen) atoms. The Kier molecular flexibility index (Phi) is 8.38. The number of rotatable bonds is 4. The fourth-order valence-corrected chi connectivity index (χ4v) is 11.0. The number of halogens is 2. The van der Waals surface area contributed by atoms with Crippen molar-refractivity contribution in [1.82, 2.24) is 9.13 Å². The van der Waals surface area contributed by atoms with E-state index in [-0.39, 0.29) is 10.8 Å². The second-order valence-electron chi connectivity index (χ2n) is 18.4. The summed E-state index contributed by atoms with van der Waals surface area (Å²) in [6, 6.07) is 33.2. The highest BCUT2D eigenvalue weighted by atomic mass is 79.9. The van der Waals surface area contributed by atoms with Crippen molar-refractivity contribution in [3.05, 3.63) is 105 Å². The molecule has 258 valence electrons. The first-order valence-electron chi connectivity index (χ1n) is 17.8. The molecule has 7 aromatic rings. The van der Waals surface area contributed by atoms with Crippen LogP contribution in [0, 0.1) is 0 Å². The summed E-state index contributed by atoms with van der Waals surface area (Å²) in [6.07, 6.45) is 0. The smallest absolute Gasteiger partial charge is 0.0776 e. The SMILES string of the molecule is CC(C)(C)c1ccc2c(c1)c1cc(C(C)(C)C)ccc1n2-c1cc(-n2c3ccc([Si](C)(C)C)cc3c3cc([Si](C)(C)C)ccc32)c(Br)cc1Br. The molecule has 0 atom stereocenters. The van der Waals surface area contributed by atoms with E-state index < -0.39 is 16.1 Å². The fraction of sp³-hybridized carbons (Fsp3) is 0.318. The second-order valence-corrected chi connectivity index (χ2v) is 30.2. The van der Waals surface area contributed by atoms with E-state index >= 15 is 0 Å². The highest BCUT2D eigenvalue weighted by Crippen LogP contribution is 2.42. The van der Waals surface area contributed by atoms with E-state index in [0.29, 0.717) is 0 Å². The summed E-state index contributed by atoms with van der Waals surface area (Å²) in [7, 11) is -3.05. The van der Waals surface area contributed by atoms with Gasteiger partial charge in [0.15, 0.2) is 0 Å². The van der Waals surface area contributed by atoms with Gasteiger partial charge < -0.3 is 9.13 Å². The highest BCUT2D eigenvalue weighted by Gasteiger charge is 2.25. The van der Waals surface area contributed by atoms with Crippen LogP contribution in [0.5, 0.6) is 0 Å². The van der Waals surface area contributed by atoms with E-state index in [2.05, 4.69) is 207 Å². The van der Waals surface area contributed by atoms with Crippen molar-refractivity contribution < 1.29 is 0 Å². The summed E-state index contributed by atoms with van der Waals surface area (Å²) < 4.78 is 7.05. The van der Waals surface area contributed by atoms with Crippen LogP contribution in [0.25, 0.3) is 55.0 Å². The van der Waals surface area contributed by atoms with Gasteiger partial charge in [-0.25, -0.2) is 0 Å². The van der Waals surface area contributed by atoms with Crippen LogP contribution in [-0.2, 0) is 10.8 Å². The maximum absolute atomic E-state index is 4.05. The minimum Gasteiger partial charge on any atom is -0.308 e. The molecule has 0 saturated heterocycles. The first kappa shape index (κ1) is 35.5. The predicted octanol–water partition coefficient (Wildman–Crippen LogP) is 13.1. The lowest BCUT2D eigenvalue weighted by molar-refractivity contribution is 0.590. The summed E-state index contributed by atoms with van der Waals surface area (Å²) in [6.45, 7) is 28.5. The molecule has 0 N–H and O–H groups in total. The average Bonchev–Trinajstić information content (AvgIpc) is 3.51. The maximum Gasteiger partial charge on any atom is 0.0776 e. The minimum absolute atomic E-state index is 0.0524. The van der Waals surface area contributed by atoms with E-state index in [4.69, 9.17) is 0 Å². The third-order valence-electron chi connectivity index (χ3n) is 10.5. The maximum atomic E-state index is 4.05. The topological polar surface area (TPSA) is 9.86 Å². The first-order valence-corrected chi connectivity index (χ1v) is 26.4. The molecular weight excluding hydrogens is 772 g/mol. The van der Waals surface area contributed by atoms with E-state index in [1.807, 2.05) is 0 Å². The van der Waals surface area contributed by atoms with Crippen molar-refractivity contribution >= 4 is 102 Å². The highest BCUT2D eigenvalue weighted by molar-refractivity contribution is 9.11. The van der Waals surface area contributed by atoms with Crippen molar-refractivity contribution in [2.75, 3.05) is 0 Å². The van der Waals surface area contributed by atoms with Gasteiger partial charge in [0.25, 0.3) is 0 Å². The molecule has 7 rings (SSSR count). The standard InChI is InChI=1S/C44H50Br2N2Si2/c1-43(2,3)27-13-17-37-31(21-27)32-22-28(44(4,5)6)14-18-38(32)47(37)41-26-42(36(46)25-35(41)45)48-39-19-15-29(49(7,8)9)23-33(39)34-24-30(50(10,11)12)16-20-40(34)48/h13-26H,1-12H3. The van der Waals surface area contributed by atoms with Crippen LogP contribution in [-0.4, -0.2) is 25.3 Å². The molecule has 0 saturated carbocycles. The van der Waals surface area contributed by atoms with E-state index in [1.165, 1.54) is 65.1 Å².